The molecule has 3 heterocycles. The van der Waals surface area contributed by atoms with E-state index in [0.717, 1.165) is 54.3 Å². The summed E-state index contributed by atoms with van der Waals surface area (Å²) in [6.07, 6.45) is 6.99. The molecule has 1 atom stereocenters. The fourth-order valence-corrected chi connectivity index (χ4v) is 6.98. The van der Waals surface area contributed by atoms with Gasteiger partial charge in [0, 0.05) is 18.4 Å². The van der Waals surface area contributed by atoms with E-state index >= 15 is 0 Å². The Bertz CT molecular complexity index is 1160. The second-order valence-corrected chi connectivity index (χ2v) is 10.8. The van der Waals surface area contributed by atoms with Gasteiger partial charge in [0.2, 0.25) is 5.91 Å². The molecule has 1 spiro atoms. The number of fused-ring (bicyclic) bond motifs is 4. The molecule has 0 bridgehead atoms. The maximum Gasteiger partial charge on any atom is 0.223 e. The van der Waals surface area contributed by atoms with Crippen molar-refractivity contribution in [2.24, 2.45) is 0 Å². The highest BCUT2D eigenvalue weighted by Crippen LogP contribution is 2.52. The highest BCUT2D eigenvalue weighted by molar-refractivity contribution is 7.18. The molecule has 1 amide bonds. The van der Waals surface area contributed by atoms with Crippen LogP contribution in [0, 0.1) is 0 Å². The molecule has 1 unspecified atom stereocenters. The van der Waals surface area contributed by atoms with E-state index in [9.17, 15) is 4.79 Å². The van der Waals surface area contributed by atoms with Gasteiger partial charge >= 0.3 is 0 Å². The van der Waals surface area contributed by atoms with Crippen molar-refractivity contribution in [1.29, 1.82) is 0 Å². The van der Waals surface area contributed by atoms with Gasteiger partial charge in [-0.2, -0.15) is 0 Å². The molecule has 3 aliphatic rings. The standard InChI is InChI=1S/C27H30N2O3S/c1-18-19-15-22-23(32-14-13-31-22)16-20(19)27(11-4-5-12-27)17-29(18)26(30)10-6-9-25-28-21-7-2-3-8-24(21)33-25/h2-3,7-8,15-16,18H,4-6,9-14,17H2,1H3. The van der Waals surface area contributed by atoms with E-state index in [0.29, 0.717) is 19.6 Å². The number of carbonyl (C=O) groups is 1. The number of para-hydroxylation sites is 1. The van der Waals surface area contributed by atoms with Gasteiger partial charge in [-0.15, -0.1) is 11.3 Å². The molecule has 6 heteroatoms. The SMILES string of the molecule is CC1c2cc3c(cc2C2(CCCC2)CN1C(=O)CCCc1nc2ccccc2s1)OCCO3. The molecule has 2 aromatic carbocycles. The monoisotopic (exact) mass is 462 g/mol. The lowest BCUT2D eigenvalue weighted by molar-refractivity contribution is -0.135. The van der Waals surface area contributed by atoms with Crippen LogP contribution in [0.25, 0.3) is 10.2 Å². The lowest BCUT2D eigenvalue weighted by Gasteiger charge is -2.46. The maximum absolute atomic E-state index is 13.5. The van der Waals surface area contributed by atoms with E-state index < -0.39 is 0 Å². The predicted octanol–water partition coefficient (Wildman–Crippen LogP) is 5.81. The quantitative estimate of drug-likeness (QED) is 0.491. The average molecular weight is 463 g/mol. The minimum atomic E-state index is 0.0528. The number of aromatic nitrogens is 1. The van der Waals surface area contributed by atoms with Crippen LogP contribution in [0.15, 0.2) is 36.4 Å². The first-order valence-electron chi connectivity index (χ1n) is 12.2. The van der Waals surface area contributed by atoms with Gasteiger partial charge in [-0.05, 0) is 68.0 Å². The normalized spacial score (nSPS) is 20.9. The van der Waals surface area contributed by atoms with Gasteiger partial charge in [0.25, 0.3) is 0 Å². The minimum Gasteiger partial charge on any atom is -0.486 e. The van der Waals surface area contributed by atoms with E-state index in [1.54, 1.807) is 11.3 Å². The molecule has 1 aromatic heterocycles. The fourth-order valence-electron chi connectivity index (χ4n) is 5.97. The van der Waals surface area contributed by atoms with Crippen LogP contribution in [0.1, 0.15) is 67.6 Å². The third-order valence-electron chi connectivity index (χ3n) is 7.68. The summed E-state index contributed by atoms with van der Waals surface area (Å²) < 4.78 is 13.0. The Morgan fingerprint density at radius 3 is 2.70 bits per heavy atom. The predicted molar refractivity (Wildman–Crippen MR) is 130 cm³/mol. The largest absolute Gasteiger partial charge is 0.486 e. The zero-order valence-electron chi connectivity index (χ0n) is 19.1. The second kappa shape index (κ2) is 8.32. The highest BCUT2D eigenvalue weighted by atomic mass is 32.1. The van der Waals surface area contributed by atoms with E-state index in [1.165, 1.54) is 28.7 Å². The molecular weight excluding hydrogens is 432 g/mol. The van der Waals surface area contributed by atoms with Gasteiger partial charge < -0.3 is 14.4 Å². The number of thiazole rings is 1. The van der Waals surface area contributed by atoms with E-state index in [2.05, 4.69) is 42.2 Å². The summed E-state index contributed by atoms with van der Waals surface area (Å²) in [4.78, 5) is 20.3. The van der Waals surface area contributed by atoms with Crippen LogP contribution >= 0.6 is 11.3 Å². The van der Waals surface area contributed by atoms with Crippen molar-refractivity contribution in [2.45, 2.75) is 63.3 Å². The number of aryl methyl sites for hydroxylation is 1. The van der Waals surface area contributed by atoms with Crippen LogP contribution in [-0.2, 0) is 16.6 Å². The van der Waals surface area contributed by atoms with Crippen LogP contribution in [0.3, 0.4) is 0 Å². The van der Waals surface area contributed by atoms with Gasteiger partial charge in [0.1, 0.15) is 13.2 Å². The summed E-state index contributed by atoms with van der Waals surface area (Å²) in [6, 6.07) is 12.7. The Balaban J connectivity index is 1.21. The van der Waals surface area contributed by atoms with Crippen LogP contribution in [0.4, 0.5) is 0 Å². The van der Waals surface area contributed by atoms with Crippen LogP contribution < -0.4 is 9.47 Å². The smallest absolute Gasteiger partial charge is 0.223 e. The van der Waals surface area contributed by atoms with Crippen molar-refractivity contribution in [3.05, 3.63) is 52.5 Å². The van der Waals surface area contributed by atoms with Crippen LogP contribution in [-0.4, -0.2) is 35.5 Å². The number of rotatable bonds is 4. The van der Waals surface area contributed by atoms with Gasteiger partial charge in [-0.25, -0.2) is 4.98 Å². The topological polar surface area (TPSA) is 51.7 Å². The number of hydrogen-bond acceptors (Lipinski definition) is 5. The molecule has 1 aliphatic carbocycles. The number of ether oxygens (including phenoxy) is 2. The first-order valence-corrected chi connectivity index (χ1v) is 13.0. The Labute approximate surface area is 198 Å². The molecule has 0 radical (unpaired) electrons. The van der Waals surface area contributed by atoms with Crippen molar-refractivity contribution >= 4 is 27.5 Å². The molecule has 33 heavy (non-hydrogen) atoms. The average Bonchev–Trinajstić information content (AvgIpc) is 3.48. The molecule has 3 aromatic rings. The first-order chi connectivity index (χ1) is 16.1. The van der Waals surface area contributed by atoms with E-state index in [4.69, 9.17) is 14.5 Å². The van der Waals surface area contributed by atoms with Crippen molar-refractivity contribution in [2.75, 3.05) is 19.8 Å². The Kier molecular flexibility index (Phi) is 5.28. The lowest BCUT2D eigenvalue weighted by atomic mass is 9.71. The number of hydrogen-bond donors (Lipinski definition) is 0. The number of nitrogens with zero attached hydrogens (tertiary/aromatic N) is 2. The zero-order valence-corrected chi connectivity index (χ0v) is 20.0. The molecule has 5 nitrogen and oxygen atoms in total. The highest BCUT2D eigenvalue weighted by Gasteiger charge is 2.46. The van der Waals surface area contributed by atoms with Crippen LogP contribution in [0.5, 0.6) is 11.5 Å². The third-order valence-corrected chi connectivity index (χ3v) is 8.77. The Hall–Kier alpha value is -2.60. The van der Waals surface area contributed by atoms with Gasteiger partial charge in [0.05, 0.1) is 21.3 Å². The van der Waals surface area contributed by atoms with E-state index in [-0.39, 0.29) is 17.4 Å². The molecular formula is C27H30N2O3S. The Morgan fingerprint density at radius 2 is 1.91 bits per heavy atom. The summed E-state index contributed by atoms with van der Waals surface area (Å²) in [6.45, 7) is 4.18. The van der Waals surface area contributed by atoms with Crippen LogP contribution in [0.2, 0.25) is 0 Å². The van der Waals surface area contributed by atoms with E-state index in [1.807, 2.05) is 6.07 Å². The number of benzene rings is 2. The number of carbonyl (C=O) groups excluding carboxylic acids is 1. The van der Waals surface area contributed by atoms with Crippen molar-refractivity contribution < 1.29 is 14.3 Å². The first kappa shape index (κ1) is 21.0. The summed E-state index contributed by atoms with van der Waals surface area (Å²) in [5, 5.41) is 1.12. The molecule has 0 saturated heterocycles. The van der Waals surface area contributed by atoms with Crippen molar-refractivity contribution in [3.8, 4) is 11.5 Å². The molecule has 2 aliphatic heterocycles. The van der Waals surface area contributed by atoms with Crippen molar-refractivity contribution in [1.82, 2.24) is 9.88 Å². The summed E-state index contributed by atoms with van der Waals surface area (Å²) in [5.74, 6) is 1.95. The lowest BCUT2D eigenvalue weighted by Crippen LogP contribution is -2.48. The number of amides is 1. The fraction of sp³-hybridized carbons (Fsp3) is 0.481. The molecule has 1 fully saturated rings. The zero-order chi connectivity index (χ0) is 22.4. The summed E-state index contributed by atoms with van der Waals surface area (Å²) in [5.41, 5.74) is 3.74. The van der Waals surface area contributed by atoms with Gasteiger partial charge in [-0.1, -0.05) is 25.0 Å². The van der Waals surface area contributed by atoms with Gasteiger partial charge in [-0.3, -0.25) is 4.79 Å². The maximum atomic E-state index is 13.5. The molecule has 172 valence electrons. The second-order valence-electron chi connectivity index (χ2n) is 9.70. The minimum absolute atomic E-state index is 0.0528. The third kappa shape index (κ3) is 3.68. The molecule has 0 N–H and O–H groups in total. The van der Waals surface area contributed by atoms with Crippen molar-refractivity contribution in [3.63, 3.8) is 0 Å². The molecule has 6 rings (SSSR count). The van der Waals surface area contributed by atoms with Gasteiger partial charge in [0.15, 0.2) is 11.5 Å². The molecule has 1 saturated carbocycles. The Morgan fingerprint density at radius 1 is 1.15 bits per heavy atom. The summed E-state index contributed by atoms with van der Waals surface area (Å²) in [7, 11) is 0. The summed E-state index contributed by atoms with van der Waals surface area (Å²) >= 11 is 1.74.